The van der Waals surface area contributed by atoms with E-state index in [1.807, 2.05) is 0 Å². The van der Waals surface area contributed by atoms with Crippen molar-refractivity contribution in [3.63, 3.8) is 0 Å². The first kappa shape index (κ1) is 9.01. The van der Waals surface area contributed by atoms with Crippen molar-refractivity contribution in [2.75, 3.05) is 13.2 Å². The van der Waals surface area contributed by atoms with Crippen molar-refractivity contribution in [2.45, 2.75) is 45.3 Å². The Labute approximate surface area is 69.3 Å². The van der Waals surface area contributed by atoms with Crippen molar-refractivity contribution in [3.8, 4) is 0 Å². The molecule has 0 unspecified atom stereocenters. The number of hydrogen-bond acceptors (Lipinski definition) is 2. The maximum atomic E-state index is 5.52. The summed E-state index contributed by atoms with van der Waals surface area (Å²) in [6, 6.07) is 0.719. The fourth-order valence-corrected chi connectivity index (χ4v) is 1.71. The lowest BCUT2D eigenvalue weighted by molar-refractivity contribution is 0.0755. The van der Waals surface area contributed by atoms with Crippen LogP contribution in [0.15, 0.2) is 0 Å². The third-order valence-corrected chi connectivity index (χ3v) is 2.22. The van der Waals surface area contributed by atoms with Crippen LogP contribution in [0.4, 0.5) is 0 Å². The van der Waals surface area contributed by atoms with Crippen LogP contribution in [0, 0.1) is 0 Å². The van der Waals surface area contributed by atoms with Crippen molar-refractivity contribution in [3.05, 3.63) is 0 Å². The minimum absolute atomic E-state index is 0.483. The van der Waals surface area contributed by atoms with Crippen molar-refractivity contribution in [1.29, 1.82) is 0 Å². The van der Waals surface area contributed by atoms with Gasteiger partial charge in [-0.15, -0.1) is 0 Å². The first-order valence-corrected chi connectivity index (χ1v) is 4.71. The third kappa shape index (κ3) is 2.80. The molecule has 2 nitrogen and oxygen atoms in total. The van der Waals surface area contributed by atoms with Crippen LogP contribution >= 0.6 is 0 Å². The first-order valence-electron chi connectivity index (χ1n) is 4.71. The van der Waals surface area contributed by atoms with Gasteiger partial charge in [0.05, 0.1) is 6.10 Å². The largest absolute Gasteiger partial charge is 0.377 e. The Kier molecular flexibility index (Phi) is 3.87. The molecule has 66 valence electrons. The van der Waals surface area contributed by atoms with Crippen LogP contribution in [0.5, 0.6) is 0 Å². The van der Waals surface area contributed by atoms with Crippen molar-refractivity contribution < 1.29 is 4.74 Å². The summed E-state index contributed by atoms with van der Waals surface area (Å²) in [5.74, 6) is 0. The molecule has 0 bridgehead atoms. The van der Waals surface area contributed by atoms with E-state index in [1.165, 1.54) is 19.3 Å². The highest BCUT2D eigenvalue weighted by Crippen LogP contribution is 2.13. The molecule has 0 aromatic carbocycles. The summed E-state index contributed by atoms with van der Waals surface area (Å²) in [6.07, 6.45) is 4.26. The van der Waals surface area contributed by atoms with Gasteiger partial charge in [-0.1, -0.05) is 13.3 Å². The lowest BCUT2D eigenvalue weighted by atomic mass is 10.1. The number of nitrogens with one attached hydrogen (secondary N) is 1. The summed E-state index contributed by atoms with van der Waals surface area (Å²) in [4.78, 5) is 0. The fraction of sp³-hybridized carbons (Fsp3) is 1.00. The first-order chi connectivity index (χ1) is 5.36. The summed E-state index contributed by atoms with van der Waals surface area (Å²) in [5, 5.41) is 3.47. The molecular formula is C9H19NO. The van der Waals surface area contributed by atoms with Gasteiger partial charge in [-0.2, -0.15) is 0 Å². The molecule has 1 fully saturated rings. The average molecular weight is 157 g/mol. The second-order valence-corrected chi connectivity index (χ2v) is 3.21. The van der Waals surface area contributed by atoms with Gasteiger partial charge >= 0.3 is 0 Å². The number of ether oxygens (including phenoxy) is 1. The lowest BCUT2D eigenvalue weighted by Gasteiger charge is -2.08. The Morgan fingerprint density at radius 1 is 1.45 bits per heavy atom. The van der Waals surface area contributed by atoms with E-state index < -0.39 is 0 Å². The monoisotopic (exact) mass is 157 g/mol. The van der Waals surface area contributed by atoms with Crippen molar-refractivity contribution in [2.24, 2.45) is 0 Å². The standard InChI is InChI=1S/C9H19NO/c1-3-5-8-6-9(7-10-8)11-4-2/h8-10H,3-7H2,1-2H3/t8-,9+/m0/s1. The highest BCUT2D eigenvalue weighted by molar-refractivity contribution is 4.81. The summed E-state index contributed by atoms with van der Waals surface area (Å²) in [6.45, 7) is 6.20. The molecule has 1 aliphatic rings. The second kappa shape index (κ2) is 4.73. The van der Waals surface area contributed by atoms with Gasteiger partial charge in [0.25, 0.3) is 0 Å². The highest BCUT2D eigenvalue weighted by Gasteiger charge is 2.22. The van der Waals surface area contributed by atoms with Gasteiger partial charge in [0, 0.05) is 19.2 Å². The van der Waals surface area contributed by atoms with E-state index >= 15 is 0 Å². The Balaban J connectivity index is 2.12. The molecule has 2 atom stereocenters. The Morgan fingerprint density at radius 2 is 2.27 bits per heavy atom. The number of rotatable bonds is 4. The minimum atomic E-state index is 0.483. The fourth-order valence-electron chi connectivity index (χ4n) is 1.71. The van der Waals surface area contributed by atoms with Crippen LogP contribution in [0.1, 0.15) is 33.1 Å². The molecule has 1 heterocycles. The molecule has 1 aliphatic heterocycles. The molecular weight excluding hydrogens is 138 g/mol. The molecule has 0 aliphatic carbocycles. The van der Waals surface area contributed by atoms with Gasteiger partial charge in [0.1, 0.15) is 0 Å². The lowest BCUT2D eigenvalue weighted by Crippen LogP contribution is -2.21. The quantitative estimate of drug-likeness (QED) is 0.668. The maximum absolute atomic E-state index is 5.52. The smallest absolute Gasteiger partial charge is 0.0714 e. The molecule has 0 spiro atoms. The van der Waals surface area contributed by atoms with Gasteiger partial charge in [-0.3, -0.25) is 0 Å². The Hall–Kier alpha value is -0.0800. The molecule has 0 aromatic rings. The zero-order valence-corrected chi connectivity index (χ0v) is 7.60. The van der Waals surface area contributed by atoms with E-state index in [4.69, 9.17) is 4.74 Å². The molecule has 1 saturated heterocycles. The second-order valence-electron chi connectivity index (χ2n) is 3.21. The zero-order valence-electron chi connectivity index (χ0n) is 7.60. The van der Waals surface area contributed by atoms with Crippen LogP contribution < -0.4 is 5.32 Å². The van der Waals surface area contributed by atoms with Gasteiger partial charge < -0.3 is 10.1 Å². The predicted octanol–water partition coefficient (Wildman–Crippen LogP) is 1.55. The maximum Gasteiger partial charge on any atom is 0.0714 e. The normalized spacial score (nSPS) is 31.1. The molecule has 0 amide bonds. The zero-order chi connectivity index (χ0) is 8.10. The summed E-state index contributed by atoms with van der Waals surface area (Å²) in [5.41, 5.74) is 0. The van der Waals surface area contributed by atoms with Gasteiger partial charge in [0.2, 0.25) is 0 Å². The summed E-state index contributed by atoms with van der Waals surface area (Å²) in [7, 11) is 0. The van der Waals surface area contributed by atoms with E-state index in [0.717, 1.165) is 19.2 Å². The van der Waals surface area contributed by atoms with Crippen LogP contribution in [-0.2, 0) is 4.74 Å². The Bertz CT molecular complexity index is 93.7. The van der Waals surface area contributed by atoms with E-state index in [-0.39, 0.29) is 0 Å². The molecule has 1 N–H and O–H groups in total. The highest BCUT2D eigenvalue weighted by atomic mass is 16.5. The van der Waals surface area contributed by atoms with Gasteiger partial charge in [-0.05, 0) is 19.8 Å². The van der Waals surface area contributed by atoms with E-state index in [0.29, 0.717) is 6.10 Å². The van der Waals surface area contributed by atoms with E-state index in [9.17, 15) is 0 Å². The predicted molar refractivity (Wildman–Crippen MR) is 46.7 cm³/mol. The molecule has 1 rings (SSSR count). The topological polar surface area (TPSA) is 21.3 Å². The van der Waals surface area contributed by atoms with Crippen LogP contribution in [0.25, 0.3) is 0 Å². The number of hydrogen-bond donors (Lipinski definition) is 1. The SMILES string of the molecule is CCC[C@H]1C[C@@H](OCC)CN1. The minimum Gasteiger partial charge on any atom is -0.377 e. The van der Waals surface area contributed by atoms with Crippen LogP contribution in [0.2, 0.25) is 0 Å². The van der Waals surface area contributed by atoms with E-state index in [1.54, 1.807) is 0 Å². The van der Waals surface area contributed by atoms with E-state index in [2.05, 4.69) is 19.2 Å². The molecule has 0 saturated carbocycles. The Morgan fingerprint density at radius 3 is 2.91 bits per heavy atom. The van der Waals surface area contributed by atoms with Crippen LogP contribution in [-0.4, -0.2) is 25.3 Å². The molecule has 0 radical (unpaired) electrons. The van der Waals surface area contributed by atoms with Crippen molar-refractivity contribution in [1.82, 2.24) is 5.32 Å². The van der Waals surface area contributed by atoms with Gasteiger partial charge in [-0.25, -0.2) is 0 Å². The summed E-state index contributed by atoms with van der Waals surface area (Å²) >= 11 is 0. The molecule has 0 aromatic heterocycles. The van der Waals surface area contributed by atoms with Gasteiger partial charge in [0.15, 0.2) is 0 Å². The summed E-state index contributed by atoms with van der Waals surface area (Å²) < 4.78 is 5.52. The average Bonchev–Trinajstić information content (AvgIpc) is 2.38. The van der Waals surface area contributed by atoms with Crippen molar-refractivity contribution >= 4 is 0 Å². The molecule has 2 heteroatoms. The van der Waals surface area contributed by atoms with Crippen LogP contribution in [0.3, 0.4) is 0 Å². The molecule has 11 heavy (non-hydrogen) atoms. The third-order valence-electron chi connectivity index (χ3n) is 2.22.